The van der Waals surface area contributed by atoms with Crippen molar-refractivity contribution in [2.24, 2.45) is 0 Å². The lowest BCUT2D eigenvalue weighted by atomic mass is 10.1. The highest BCUT2D eigenvalue weighted by Crippen LogP contribution is 2.19. The van der Waals surface area contributed by atoms with E-state index in [-0.39, 0.29) is 12.4 Å². The molecule has 0 aromatic rings. The summed E-state index contributed by atoms with van der Waals surface area (Å²) in [7, 11) is 0. The molecule has 0 spiro atoms. The first-order valence-electron chi connectivity index (χ1n) is 5.88. The lowest BCUT2D eigenvalue weighted by Gasteiger charge is -2.31. The van der Waals surface area contributed by atoms with E-state index in [0.717, 1.165) is 25.4 Å². The van der Waals surface area contributed by atoms with Gasteiger partial charge in [0.05, 0.1) is 0 Å². The van der Waals surface area contributed by atoms with Crippen LogP contribution in [0.5, 0.6) is 0 Å². The molecule has 1 N–H and O–H groups in total. The Bertz CT molecular complexity index is 234. The second-order valence-electron chi connectivity index (χ2n) is 4.52. The fourth-order valence-corrected chi connectivity index (χ4v) is 3.33. The summed E-state index contributed by atoms with van der Waals surface area (Å²) in [5.41, 5.74) is 0. The number of thioether (sulfide) groups is 1. The predicted molar refractivity (Wildman–Crippen MR) is 71.4 cm³/mol. The molecule has 3 nitrogen and oxygen atoms in total. The summed E-state index contributed by atoms with van der Waals surface area (Å²) < 4.78 is 0. The van der Waals surface area contributed by atoms with E-state index in [0.29, 0.717) is 23.6 Å². The summed E-state index contributed by atoms with van der Waals surface area (Å²) in [5, 5.41) is 4.00. The van der Waals surface area contributed by atoms with Crippen molar-refractivity contribution in [3.8, 4) is 0 Å². The van der Waals surface area contributed by atoms with Crippen LogP contribution in [-0.4, -0.2) is 47.5 Å². The van der Waals surface area contributed by atoms with Gasteiger partial charge in [0.25, 0.3) is 0 Å². The third kappa shape index (κ3) is 3.82. The van der Waals surface area contributed by atoms with Crippen LogP contribution in [0, 0.1) is 0 Å². The Morgan fingerprint density at radius 2 is 2.38 bits per heavy atom. The Hall–Kier alpha value is 0.0700. The van der Waals surface area contributed by atoms with Gasteiger partial charge in [0.1, 0.15) is 0 Å². The highest BCUT2D eigenvalue weighted by atomic mass is 35.5. The maximum Gasteiger partial charge on any atom is 0.224 e. The summed E-state index contributed by atoms with van der Waals surface area (Å²) >= 11 is 1.97. The molecular weight excluding hydrogens is 244 g/mol. The van der Waals surface area contributed by atoms with Crippen molar-refractivity contribution in [1.82, 2.24) is 10.2 Å². The zero-order valence-corrected chi connectivity index (χ0v) is 11.4. The Kier molecular flexibility index (Phi) is 5.94. The van der Waals surface area contributed by atoms with Crippen LogP contribution in [-0.2, 0) is 4.79 Å². The van der Waals surface area contributed by atoms with Crippen LogP contribution >= 0.6 is 24.2 Å². The Balaban J connectivity index is 0.00000128. The van der Waals surface area contributed by atoms with Gasteiger partial charge in [-0.05, 0) is 19.4 Å². The molecule has 2 aliphatic heterocycles. The van der Waals surface area contributed by atoms with Gasteiger partial charge < -0.3 is 10.2 Å². The van der Waals surface area contributed by atoms with Crippen molar-refractivity contribution in [2.45, 2.75) is 37.5 Å². The van der Waals surface area contributed by atoms with E-state index in [9.17, 15) is 4.79 Å². The topological polar surface area (TPSA) is 32.3 Å². The number of carbonyl (C=O) groups is 1. The molecule has 0 saturated carbocycles. The molecule has 2 unspecified atom stereocenters. The maximum absolute atomic E-state index is 12.0. The monoisotopic (exact) mass is 264 g/mol. The van der Waals surface area contributed by atoms with E-state index in [2.05, 4.69) is 12.2 Å². The number of rotatable bonds is 2. The smallest absolute Gasteiger partial charge is 0.224 e. The molecule has 2 saturated heterocycles. The lowest BCUT2D eigenvalue weighted by molar-refractivity contribution is -0.131. The fraction of sp³-hybridized carbons (Fsp3) is 0.909. The van der Waals surface area contributed by atoms with Crippen molar-refractivity contribution in [3.63, 3.8) is 0 Å². The minimum Gasteiger partial charge on any atom is -0.341 e. The molecule has 16 heavy (non-hydrogen) atoms. The van der Waals surface area contributed by atoms with Gasteiger partial charge in [-0.3, -0.25) is 4.79 Å². The molecule has 5 heteroatoms. The predicted octanol–water partition coefficient (Wildman–Crippen LogP) is 1.51. The Labute approximate surface area is 108 Å². The van der Waals surface area contributed by atoms with Crippen LogP contribution in [0.3, 0.4) is 0 Å². The zero-order valence-electron chi connectivity index (χ0n) is 9.78. The number of hydrogen-bond donors (Lipinski definition) is 1. The molecule has 0 aromatic heterocycles. The van der Waals surface area contributed by atoms with Gasteiger partial charge in [-0.15, -0.1) is 12.4 Å². The number of amides is 1. The Morgan fingerprint density at radius 1 is 1.56 bits per heavy atom. The minimum absolute atomic E-state index is 0. The van der Waals surface area contributed by atoms with Crippen molar-refractivity contribution in [3.05, 3.63) is 0 Å². The van der Waals surface area contributed by atoms with Crippen LogP contribution in [0.25, 0.3) is 0 Å². The lowest BCUT2D eigenvalue weighted by Crippen LogP contribution is -2.43. The average Bonchev–Trinajstić information content (AvgIpc) is 2.70. The van der Waals surface area contributed by atoms with Gasteiger partial charge in [0.15, 0.2) is 0 Å². The van der Waals surface area contributed by atoms with Crippen LogP contribution in [0.4, 0.5) is 0 Å². The summed E-state index contributed by atoms with van der Waals surface area (Å²) in [6.07, 6.45) is 3.10. The molecule has 2 fully saturated rings. The maximum atomic E-state index is 12.0. The van der Waals surface area contributed by atoms with E-state index >= 15 is 0 Å². The zero-order chi connectivity index (χ0) is 10.7. The normalized spacial score (nSPS) is 29.9. The van der Waals surface area contributed by atoms with Gasteiger partial charge in [-0.25, -0.2) is 0 Å². The van der Waals surface area contributed by atoms with Gasteiger partial charge in [-0.1, -0.05) is 6.92 Å². The molecule has 0 radical (unpaired) electrons. The molecule has 0 aromatic carbocycles. The molecule has 0 aliphatic carbocycles. The third-order valence-electron chi connectivity index (χ3n) is 3.18. The largest absolute Gasteiger partial charge is 0.341 e. The third-order valence-corrected chi connectivity index (χ3v) is 4.31. The summed E-state index contributed by atoms with van der Waals surface area (Å²) in [5.74, 6) is 1.45. The standard InChI is InChI=1S/C11H20N2OS.ClH/c1-9-8-13(5-6-15-9)11(14)7-10-3-2-4-12-10;/h9-10,12H,2-8H2,1H3;1H. The van der Waals surface area contributed by atoms with Crippen LogP contribution < -0.4 is 5.32 Å². The summed E-state index contributed by atoms with van der Waals surface area (Å²) in [4.78, 5) is 14.0. The number of carbonyl (C=O) groups excluding carboxylic acids is 1. The molecule has 94 valence electrons. The first-order chi connectivity index (χ1) is 7.25. The quantitative estimate of drug-likeness (QED) is 0.821. The van der Waals surface area contributed by atoms with Gasteiger partial charge in [0, 0.05) is 36.6 Å². The fourth-order valence-electron chi connectivity index (χ4n) is 2.32. The van der Waals surface area contributed by atoms with E-state index in [4.69, 9.17) is 0 Å². The van der Waals surface area contributed by atoms with E-state index in [1.165, 1.54) is 12.8 Å². The first-order valence-corrected chi connectivity index (χ1v) is 6.93. The molecule has 2 heterocycles. The van der Waals surface area contributed by atoms with Gasteiger partial charge in [0.2, 0.25) is 5.91 Å². The Morgan fingerprint density at radius 3 is 3.00 bits per heavy atom. The molecule has 2 atom stereocenters. The minimum atomic E-state index is 0. The second kappa shape index (κ2) is 6.72. The van der Waals surface area contributed by atoms with E-state index in [1.54, 1.807) is 0 Å². The number of nitrogens with zero attached hydrogens (tertiary/aromatic N) is 1. The number of hydrogen-bond acceptors (Lipinski definition) is 3. The summed E-state index contributed by atoms with van der Waals surface area (Å²) in [6.45, 7) is 5.18. The van der Waals surface area contributed by atoms with Crippen molar-refractivity contribution in [2.75, 3.05) is 25.4 Å². The molecule has 1 amide bonds. The number of halogens is 1. The highest BCUT2D eigenvalue weighted by Gasteiger charge is 2.24. The molecular formula is C11H21ClN2OS. The molecule has 2 rings (SSSR count). The SMILES string of the molecule is CC1CN(C(=O)CC2CCCN2)CCS1.Cl. The van der Waals surface area contributed by atoms with Crippen molar-refractivity contribution in [1.29, 1.82) is 0 Å². The molecule has 0 bridgehead atoms. The van der Waals surface area contributed by atoms with Crippen LogP contribution in [0.1, 0.15) is 26.2 Å². The van der Waals surface area contributed by atoms with E-state index < -0.39 is 0 Å². The first kappa shape index (κ1) is 14.1. The van der Waals surface area contributed by atoms with Crippen LogP contribution in [0.2, 0.25) is 0 Å². The highest BCUT2D eigenvalue weighted by molar-refractivity contribution is 7.99. The molecule has 2 aliphatic rings. The van der Waals surface area contributed by atoms with Crippen molar-refractivity contribution >= 4 is 30.1 Å². The van der Waals surface area contributed by atoms with Crippen LogP contribution in [0.15, 0.2) is 0 Å². The average molecular weight is 265 g/mol. The van der Waals surface area contributed by atoms with Gasteiger partial charge >= 0.3 is 0 Å². The summed E-state index contributed by atoms with van der Waals surface area (Å²) in [6, 6.07) is 0.447. The second-order valence-corrected chi connectivity index (χ2v) is 6.06. The van der Waals surface area contributed by atoms with Gasteiger partial charge in [-0.2, -0.15) is 11.8 Å². The van der Waals surface area contributed by atoms with E-state index in [1.807, 2.05) is 16.7 Å². The van der Waals surface area contributed by atoms with Crippen molar-refractivity contribution < 1.29 is 4.79 Å². The number of nitrogens with one attached hydrogen (secondary N) is 1.